The fourth-order valence-corrected chi connectivity index (χ4v) is 4.93. The van der Waals surface area contributed by atoms with Gasteiger partial charge in [0.25, 0.3) is 5.91 Å². The molecule has 1 aliphatic heterocycles. The molecule has 1 aliphatic rings. The van der Waals surface area contributed by atoms with E-state index in [0.717, 1.165) is 22.8 Å². The van der Waals surface area contributed by atoms with Crippen molar-refractivity contribution in [1.29, 1.82) is 0 Å². The summed E-state index contributed by atoms with van der Waals surface area (Å²) in [6, 6.07) is 11.6. The molecule has 0 spiro atoms. The number of nitrogens with zero attached hydrogens (tertiary/aromatic N) is 1. The molecule has 1 heterocycles. The summed E-state index contributed by atoms with van der Waals surface area (Å²) in [6.45, 7) is 1.02. The zero-order valence-corrected chi connectivity index (χ0v) is 17.6. The molecular weight excluding hydrogens is 487 g/mol. The normalized spacial score (nSPS) is 15.6. The van der Waals surface area contributed by atoms with Crippen LogP contribution in [0.3, 0.4) is 0 Å². The van der Waals surface area contributed by atoms with E-state index in [1.807, 2.05) is 12.1 Å². The average molecular weight is 505 g/mol. The predicted octanol–water partition coefficient (Wildman–Crippen LogP) is 4.37. The highest BCUT2D eigenvalue weighted by Crippen LogP contribution is 2.26. The van der Waals surface area contributed by atoms with E-state index in [1.54, 1.807) is 12.1 Å². The van der Waals surface area contributed by atoms with Crippen molar-refractivity contribution in [2.45, 2.75) is 24.2 Å². The van der Waals surface area contributed by atoms with Crippen LogP contribution in [-0.2, 0) is 10.0 Å². The van der Waals surface area contributed by atoms with Crippen molar-refractivity contribution in [2.24, 2.45) is 0 Å². The van der Waals surface area contributed by atoms with Gasteiger partial charge < -0.3 is 5.32 Å². The first-order valence-electron chi connectivity index (χ1n) is 8.24. The number of anilines is 1. The fraction of sp³-hybridized carbons (Fsp3) is 0.278. The van der Waals surface area contributed by atoms with Gasteiger partial charge in [-0.1, -0.05) is 18.0 Å². The van der Waals surface area contributed by atoms with E-state index in [-0.39, 0.29) is 15.5 Å². The summed E-state index contributed by atoms with van der Waals surface area (Å²) in [6.07, 6.45) is 2.75. The van der Waals surface area contributed by atoms with Gasteiger partial charge in [-0.15, -0.1) is 0 Å². The monoisotopic (exact) mass is 504 g/mol. The van der Waals surface area contributed by atoms with Crippen molar-refractivity contribution >= 4 is 55.8 Å². The minimum Gasteiger partial charge on any atom is -0.322 e. The minimum absolute atomic E-state index is 0.0940. The first kappa shape index (κ1) is 19.6. The van der Waals surface area contributed by atoms with Crippen molar-refractivity contribution in [3.63, 3.8) is 0 Å². The molecule has 0 radical (unpaired) electrons. The molecule has 1 saturated heterocycles. The Kier molecular flexibility index (Phi) is 6.21. The topological polar surface area (TPSA) is 66.5 Å². The fourth-order valence-electron chi connectivity index (χ4n) is 2.82. The first-order valence-corrected chi connectivity index (χ1v) is 11.1. The summed E-state index contributed by atoms with van der Waals surface area (Å²) in [4.78, 5) is 12.7. The SMILES string of the molecule is O=C(Nc1ccc(I)cc1)c1cc(S(=O)(=O)N2CCCCC2)ccc1Cl. The van der Waals surface area contributed by atoms with Crippen molar-refractivity contribution < 1.29 is 13.2 Å². The summed E-state index contributed by atoms with van der Waals surface area (Å²) in [7, 11) is -3.62. The number of halogens is 2. The van der Waals surface area contributed by atoms with Crippen molar-refractivity contribution in [2.75, 3.05) is 18.4 Å². The van der Waals surface area contributed by atoms with Crippen LogP contribution in [0.2, 0.25) is 5.02 Å². The molecule has 5 nitrogen and oxygen atoms in total. The molecule has 3 rings (SSSR count). The molecule has 1 fully saturated rings. The summed E-state index contributed by atoms with van der Waals surface area (Å²) >= 11 is 8.32. The van der Waals surface area contributed by atoms with Crippen molar-refractivity contribution in [3.8, 4) is 0 Å². The molecule has 0 atom stereocenters. The maximum absolute atomic E-state index is 12.8. The molecular formula is C18H18ClIN2O3S. The Morgan fingerprint density at radius 1 is 1.04 bits per heavy atom. The highest BCUT2D eigenvalue weighted by molar-refractivity contribution is 14.1. The van der Waals surface area contributed by atoms with Gasteiger partial charge >= 0.3 is 0 Å². The number of carbonyl (C=O) groups is 1. The van der Waals surface area contributed by atoms with E-state index in [2.05, 4.69) is 27.9 Å². The lowest BCUT2D eigenvalue weighted by molar-refractivity contribution is 0.102. The summed E-state index contributed by atoms with van der Waals surface area (Å²) in [5, 5.41) is 2.96. The van der Waals surface area contributed by atoms with Crippen LogP contribution in [0.25, 0.3) is 0 Å². The number of amides is 1. The van der Waals surface area contributed by atoms with E-state index in [1.165, 1.54) is 22.5 Å². The second-order valence-electron chi connectivity index (χ2n) is 6.07. The molecule has 0 aliphatic carbocycles. The number of carbonyl (C=O) groups excluding carboxylic acids is 1. The summed E-state index contributed by atoms with van der Waals surface area (Å²) in [5.74, 6) is -0.438. The van der Waals surface area contributed by atoms with E-state index in [9.17, 15) is 13.2 Å². The van der Waals surface area contributed by atoms with Gasteiger partial charge in [-0.3, -0.25) is 4.79 Å². The average Bonchev–Trinajstić information content (AvgIpc) is 2.64. The third-order valence-corrected chi connectivity index (χ3v) is 7.18. The van der Waals surface area contributed by atoms with Crippen LogP contribution in [0.4, 0.5) is 5.69 Å². The molecule has 1 amide bonds. The van der Waals surface area contributed by atoms with Gasteiger partial charge in [-0.05, 0) is 77.9 Å². The standard InChI is InChI=1S/C18H18ClIN2O3S/c19-17-9-8-15(26(24,25)22-10-2-1-3-11-22)12-16(17)18(23)21-14-6-4-13(20)5-7-14/h4-9,12H,1-3,10-11H2,(H,21,23). The maximum Gasteiger partial charge on any atom is 0.257 e. The molecule has 2 aromatic carbocycles. The van der Waals surface area contributed by atoms with Crippen LogP contribution in [0.5, 0.6) is 0 Å². The van der Waals surface area contributed by atoms with E-state index >= 15 is 0 Å². The number of hydrogen-bond donors (Lipinski definition) is 1. The highest BCUT2D eigenvalue weighted by atomic mass is 127. The van der Waals surface area contributed by atoms with Crippen molar-refractivity contribution in [1.82, 2.24) is 4.31 Å². The lowest BCUT2D eigenvalue weighted by Crippen LogP contribution is -2.35. The number of piperidine rings is 1. The van der Waals surface area contributed by atoms with Crippen molar-refractivity contribution in [3.05, 3.63) is 56.6 Å². The molecule has 8 heteroatoms. The number of nitrogens with one attached hydrogen (secondary N) is 1. The smallest absolute Gasteiger partial charge is 0.257 e. The Bertz CT molecular complexity index is 911. The predicted molar refractivity (Wildman–Crippen MR) is 111 cm³/mol. The maximum atomic E-state index is 12.8. The minimum atomic E-state index is -3.62. The second kappa shape index (κ2) is 8.24. The number of sulfonamides is 1. The van der Waals surface area contributed by atoms with Gasteiger partial charge in [0, 0.05) is 22.3 Å². The summed E-state index contributed by atoms with van der Waals surface area (Å²) in [5.41, 5.74) is 0.763. The molecule has 0 saturated carbocycles. The van der Waals surface area contributed by atoms with Gasteiger partial charge in [0.05, 0.1) is 15.5 Å². The highest BCUT2D eigenvalue weighted by Gasteiger charge is 2.27. The van der Waals surface area contributed by atoms with Gasteiger partial charge in [0.1, 0.15) is 0 Å². The van der Waals surface area contributed by atoms with Gasteiger partial charge in [-0.25, -0.2) is 8.42 Å². The van der Waals surface area contributed by atoms with Crippen LogP contribution in [0.1, 0.15) is 29.6 Å². The number of rotatable bonds is 4. The van der Waals surface area contributed by atoms with Crippen LogP contribution < -0.4 is 5.32 Å². The number of benzene rings is 2. The quantitative estimate of drug-likeness (QED) is 0.629. The van der Waals surface area contributed by atoms with Crippen LogP contribution >= 0.6 is 34.2 Å². The molecule has 2 aromatic rings. The Balaban J connectivity index is 1.87. The Hall–Kier alpha value is -1.16. The molecule has 0 bridgehead atoms. The molecule has 138 valence electrons. The van der Waals surface area contributed by atoms with Gasteiger partial charge in [0.2, 0.25) is 10.0 Å². The third-order valence-electron chi connectivity index (χ3n) is 4.24. The van der Waals surface area contributed by atoms with Crippen LogP contribution in [-0.4, -0.2) is 31.7 Å². The Morgan fingerprint density at radius 3 is 2.35 bits per heavy atom. The zero-order valence-electron chi connectivity index (χ0n) is 13.9. The second-order valence-corrected chi connectivity index (χ2v) is 9.66. The number of hydrogen-bond acceptors (Lipinski definition) is 3. The van der Waals surface area contributed by atoms with E-state index in [4.69, 9.17) is 11.6 Å². The van der Waals surface area contributed by atoms with Crippen LogP contribution in [0, 0.1) is 3.57 Å². The molecule has 26 heavy (non-hydrogen) atoms. The van der Waals surface area contributed by atoms with E-state index < -0.39 is 15.9 Å². The van der Waals surface area contributed by atoms with Gasteiger partial charge in [-0.2, -0.15) is 4.31 Å². The molecule has 0 unspecified atom stereocenters. The Labute approximate surface area is 171 Å². The van der Waals surface area contributed by atoms with Crippen LogP contribution in [0.15, 0.2) is 47.4 Å². The molecule has 1 N–H and O–H groups in total. The summed E-state index contributed by atoms with van der Waals surface area (Å²) < 4.78 is 28.2. The lowest BCUT2D eigenvalue weighted by Gasteiger charge is -2.26. The van der Waals surface area contributed by atoms with Gasteiger partial charge in [0.15, 0.2) is 0 Å². The Morgan fingerprint density at radius 2 is 1.69 bits per heavy atom. The molecule has 0 aromatic heterocycles. The lowest BCUT2D eigenvalue weighted by atomic mass is 10.2. The van der Waals surface area contributed by atoms with E-state index in [0.29, 0.717) is 18.8 Å². The largest absolute Gasteiger partial charge is 0.322 e. The first-order chi connectivity index (χ1) is 12.4. The third kappa shape index (κ3) is 4.39. The zero-order chi connectivity index (χ0) is 18.7.